The van der Waals surface area contributed by atoms with Gasteiger partial charge in [-0.25, -0.2) is 10.6 Å². The van der Waals surface area contributed by atoms with Crippen LogP contribution in [-0.2, 0) is 13.0 Å². The van der Waals surface area contributed by atoms with Crippen LogP contribution in [0.5, 0.6) is 0 Å². The summed E-state index contributed by atoms with van der Waals surface area (Å²) in [7, 11) is 0. The number of hydrazine groups is 1. The summed E-state index contributed by atoms with van der Waals surface area (Å²) in [5.74, 6) is 4.31. The number of thiocarbonyl (C=S) groups is 1. The highest BCUT2D eigenvalue weighted by atomic mass is 32.1. The standard InChI is InChI=1S/C10H12N4O2S/c11-13-10(17)14-4-2-8-7(5-14)6(9(15)16)1-3-12-8/h1,3H,2,4-5,11H2,(H,13,17)(H,15,16). The zero-order chi connectivity index (χ0) is 12.4. The first-order valence-corrected chi connectivity index (χ1v) is 5.50. The van der Waals surface area contributed by atoms with E-state index >= 15 is 0 Å². The summed E-state index contributed by atoms with van der Waals surface area (Å²) in [5.41, 5.74) is 4.21. The van der Waals surface area contributed by atoms with Gasteiger partial charge in [-0.2, -0.15) is 0 Å². The van der Waals surface area contributed by atoms with E-state index in [4.69, 9.17) is 23.2 Å². The summed E-state index contributed by atoms with van der Waals surface area (Å²) < 4.78 is 0. The molecule has 1 aliphatic heterocycles. The van der Waals surface area contributed by atoms with Gasteiger partial charge in [0.1, 0.15) is 0 Å². The summed E-state index contributed by atoms with van der Waals surface area (Å²) in [6.45, 7) is 1.11. The van der Waals surface area contributed by atoms with Crippen molar-refractivity contribution in [2.45, 2.75) is 13.0 Å². The van der Waals surface area contributed by atoms with Gasteiger partial charge in [-0.15, -0.1) is 0 Å². The molecule has 0 fully saturated rings. The quantitative estimate of drug-likeness (QED) is 0.365. The summed E-state index contributed by atoms with van der Waals surface area (Å²) >= 11 is 5.04. The number of carbonyl (C=O) groups is 1. The van der Waals surface area contributed by atoms with Crippen molar-refractivity contribution in [2.75, 3.05) is 6.54 Å². The Bertz CT molecular complexity index is 477. The monoisotopic (exact) mass is 252 g/mol. The molecule has 90 valence electrons. The summed E-state index contributed by atoms with van der Waals surface area (Å²) in [6.07, 6.45) is 2.19. The normalized spacial score (nSPS) is 14.1. The molecule has 7 heteroatoms. The third-order valence-corrected chi connectivity index (χ3v) is 3.13. The fourth-order valence-corrected chi connectivity index (χ4v) is 2.06. The van der Waals surface area contributed by atoms with Gasteiger partial charge in [0.2, 0.25) is 0 Å². The van der Waals surface area contributed by atoms with Crippen LogP contribution >= 0.6 is 12.2 Å². The smallest absolute Gasteiger partial charge is 0.336 e. The number of nitrogens with zero attached hydrogens (tertiary/aromatic N) is 2. The van der Waals surface area contributed by atoms with Crippen LogP contribution in [0.4, 0.5) is 0 Å². The van der Waals surface area contributed by atoms with Crippen LogP contribution in [0.2, 0.25) is 0 Å². The Labute approximate surface area is 103 Å². The molecule has 6 nitrogen and oxygen atoms in total. The van der Waals surface area contributed by atoms with Gasteiger partial charge in [0.25, 0.3) is 0 Å². The molecule has 0 radical (unpaired) electrons. The van der Waals surface area contributed by atoms with E-state index in [0.29, 0.717) is 30.2 Å². The Morgan fingerprint density at radius 2 is 2.41 bits per heavy atom. The number of aromatic nitrogens is 1. The summed E-state index contributed by atoms with van der Waals surface area (Å²) in [5, 5.41) is 9.52. The Morgan fingerprint density at radius 3 is 3.06 bits per heavy atom. The first-order chi connectivity index (χ1) is 8.13. The molecule has 0 atom stereocenters. The van der Waals surface area contributed by atoms with Crippen LogP contribution in [-0.4, -0.2) is 32.6 Å². The molecule has 0 bridgehead atoms. The van der Waals surface area contributed by atoms with Gasteiger partial charge in [0, 0.05) is 37.0 Å². The van der Waals surface area contributed by atoms with Crippen molar-refractivity contribution >= 4 is 23.3 Å². The molecule has 0 saturated carbocycles. The SMILES string of the molecule is NNC(=S)N1CCc2nccc(C(=O)O)c2C1. The van der Waals surface area contributed by atoms with E-state index < -0.39 is 5.97 Å². The average Bonchev–Trinajstić information content (AvgIpc) is 2.36. The fraction of sp³-hybridized carbons (Fsp3) is 0.300. The average molecular weight is 252 g/mol. The van der Waals surface area contributed by atoms with Crippen molar-refractivity contribution in [3.63, 3.8) is 0 Å². The maximum atomic E-state index is 11.1. The molecule has 0 amide bonds. The second-order valence-electron chi connectivity index (χ2n) is 3.71. The van der Waals surface area contributed by atoms with Gasteiger partial charge in [0.15, 0.2) is 5.11 Å². The number of nitrogens with two attached hydrogens (primary N) is 1. The van der Waals surface area contributed by atoms with Gasteiger partial charge in [-0.3, -0.25) is 4.98 Å². The van der Waals surface area contributed by atoms with E-state index in [1.807, 2.05) is 4.90 Å². The first-order valence-electron chi connectivity index (χ1n) is 5.09. The van der Waals surface area contributed by atoms with Crippen LogP contribution in [0, 0.1) is 0 Å². The van der Waals surface area contributed by atoms with Crippen molar-refractivity contribution in [2.24, 2.45) is 5.84 Å². The van der Waals surface area contributed by atoms with E-state index in [0.717, 1.165) is 5.69 Å². The van der Waals surface area contributed by atoms with E-state index in [-0.39, 0.29) is 5.56 Å². The number of rotatable bonds is 1. The lowest BCUT2D eigenvalue weighted by molar-refractivity contribution is 0.0694. The number of carboxylic acids is 1. The Morgan fingerprint density at radius 1 is 1.65 bits per heavy atom. The minimum atomic E-state index is -0.947. The van der Waals surface area contributed by atoms with Crippen LogP contribution in [0.3, 0.4) is 0 Å². The zero-order valence-corrected chi connectivity index (χ0v) is 9.83. The van der Waals surface area contributed by atoms with E-state index in [2.05, 4.69) is 10.4 Å². The highest BCUT2D eigenvalue weighted by Gasteiger charge is 2.23. The molecule has 0 aliphatic carbocycles. The topological polar surface area (TPSA) is 91.5 Å². The number of aromatic carboxylic acids is 1. The minimum absolute atomic E-state index is 0.277. The third kappa shape index (κ3) is 2.20. The number of pyridine rings is 1. The Hall–Kier alpha value is -1.73. The lowest BCUT2D eigenvalue weighted by Crippen LogP contribution is -2.45. The predicted octanol–water partition coefficient (Wildman–Crippen LogP) is -0.114. The maximum Gasteiger partial charge on any atom is 0.336 e. The van der Waals surface area contributed by atoms with Gasteiger partial charge in [0.05, 0.1) is 5.56 Å². The Balaban J connectivity index is 2.35. The zero-order valence-electron chi connectivity index (χ0n) is 9.01. The highest BCUT2D eigenvalue weighted by Crippen LogP contribution is 2.20. The summed E-state index contributed by atoms with van der Waals surface area (Å²) in [4.78, 5) is 17.1. The molecule has 0 unspecified atom stereocenters. The maximum absolute atomic E-state index is 11.1. The molecule has 4 N–H and O–H groups in total. The molecule has 0 saturated heterocycles. The number of hydrogen-bond donors (Lipinski definition) is 3. The molecule has 1 aliphatic rings. The molecule has 0 spiro atoms. The number of nitrogens with one attached hydrogen (secondary N) is 1. The number of hydrogen-bond acceptors (Lipinski definition) is 4. The van der Waals surface area contributed by atoms with Crippen molar-refractivity contribution < 1.29 is 9.90 Å². The molecule has 1 aromatic heterocycles. The molecule has 0 aromatic carbocycles. The third-order valence-electron chi connectivity index (χ3n) is 2.75. The fourth-order valence-electron chi connectivity index (χ4n) is 1.90. The van der Waals surface area contributed by atoms with Gasteiger partial charge in [-0.1, -0.05) is 0 Å². The largest absolute Gasteiger partial charge is 0.478 e. The molecule has 17 heavy (non-hydrogen) atoms. The molecular weight excluding hydrogens is 240 g/mol. The molecule has 1 aromatic rings. The van der Waals surface area contributed by atoms with Crippen LogP contribution in [0.25, 0.3) is 0 Å². The molecular formula is C10H12N4O2S. The van der Waals surface area contributed by atoms with Crippen molar-refractivity contribution in [1.29, 1.82) is 0 Å². The van der Waals surface area contributed by atoms with E-state index in [9.17, 15) is 4.79 Å². The second kappa shape index (κ2) is 4.64. The number of fused-ring (bicyclic) bond motifs is 1. The van der Waals surface area contributed by atoms with Crippen molar-refractivity contribution in [3.05, 3.63) is 29.1 Å². The van der Waals surface area contributed by atoms with Gasteiger partial charge >= 0.3 is 5.97 Å². The lowest BCUT2D eigenvalue weighted by Gasteiger charge is -2.30. The van der Waals surface area contributed by atoms with Crippen molar-refractivity contribution in [3.8, 4) is 0 Å². The summed E-state index contributed by atoms with van der Waals surface area (Å²) in [6, 6.07) is 1.50. The van der Waals surface area contributed by atoms with Crippen LogP contribution < -0.4 is 11.3 Å². The minimum Gasteiger partial charge on any atom is -0.478 e. The van der Waals surface area contributed by atoms with Gasteiger partial charge in [-0.05, 0) is 18.3 Å². The predicted molar refractivity (Wildman–Crippen MR) is 65.2 cm³/mol. The van der Waals surface area contributed by atoms with Crippen molar-refractivity contribution in [1.82, 2.24) is 15.3 Å². The lowest BCUT2D eigenvalue weighted by atomic mass is 10.0. The molecule has 2 heterocycles. The first kappa shape index (κ1) is 11.7. The number of carboxylic acid groups (broad SMARTS) is 1. The highest BCUT2D eigenvalue weighted by molar-refractivity contribution is 7.80. The van der Waals surface area contributed by atoms with E-state index in [1.54, 1.807) is 0 Å². The second-order valence-corrected chi connectivity index (χ2v) is 4.10. The Kier molecular flexibility index (Phi) is 3.21. The van der Waals surface area contributed by atoms with Gasteiger partial charge < -0.3 is 15.4 Å². The van der Waals surface area contributed by atoms with E-state index in [1.165, 1.54) is 12.3 Å². The van der Waals surface area contributed by atoms with Crippen LogP contribution in [0.15, 0.2) is 12.3 Å². The molecule has 2 rings (SSSR count). The van der Waals surface area contributed by atoms with Crippen LogP contribution in [0.1, 0.15) is 21.6 Å².